The van der Waals surface area contributed by atoms with Crippen molar-refractivity contribution >= 4 is 17.3 Å². The van der Waals surface area contributed by atoms with Gasteiger partial charge in [-0.1, -0.05) is 18.5 Å². The van der Waals surface area contributed by atoms with Crippen LogP contribution in [0.1, 0.15) is 37.3 Å². The summed E-state index contributed by atoms with van der Waals surface area (Å²) >= 11 is 6.02. The van der Waals surface area contributed by atoms with Crippen LogP contribution >= 0.6 is 11.6 Å². The van der Waals surface area contributed by atoms with Gasteiger partial charge >= 0.3 is 0 Å². The Morgan fingerprint density at radius 3 is 2.75 bits per heavy atom. The summed E-state index contributed by atoms with van der Waals surface area (Å²) < 4.78 is 0. The van der Waals surface area contributed by atoms with E-state index in [1.165, 1.54) is 12.8 Å². The van der Waals surface area contributed by atoms with Crippen molar-refractivity contribution in [3.63, 3.8) is 0 Å². The molecule has 1 aromatic rings. The average Bonchev–Trinajstić information content (AvgIpc) is 3.22. The number of benzene rings is 1. The molecule has 1 aliphatic rings. The molecule has 0 aliphatic heterocycles. The largest absolute Gasteiger partial charge is 0.313 e. The molecule has 0 aromatic heterocycles. The molecule has 1 saturated carbocycles. The monoisotopic (exact) mass is 296 g/mol. The summed E-state index contributed by atoms with van der Waals surface area (Å²) in [7, 11) is 0. The number of aryl methyl sites for hydroxylation is 1. The zero-order chi connectivity index (χ0) is 14.7. The van der Waals surface area contributed by atoms with Gasteiger partial charge in [0.05, 0.1) is 4.92 Å². The van der Waals surface area contributed by atoms with Gasteiger partial charge < -0.3 is 5.32 Å². The van der Waals surface area contributed by atoms with Gasteiger partial charge in [-0.15, -0.1) is 0 Å². The molecular formula is C15H21ClN2O2. The molecule has 0 heterocycles. The summed E-state index contributed by atoms with van der Waals surface area (Å²) in [6.07, 6.45) is 4.57. The summed E-state index contributed by atoms with van der Waals surface area (Å²) in [6, 6.07) is 3.81. The fraction of sp³-hybridized carbons (Fsp3) is 0.600. The highest BCUT2D eigenvalue weighted by Gasteiger charge is 2.31. The zero-order valence-corrected chi connectivity index (χ0v) is 12.7. The van der Waals surface area contributed by atoms with Crippen molar-refractivity contribution in [3.8, 4) is 0 Å². The maximum Gasteiger partial charge on any atom is 0.288 e. The minimum absolute atomic E-state index is 0.00240. The van der Waals surface area contributed by atoms with Crippen LogP contribution in [0, 0.1) is 23.0 Å². The number of nitro groups is 1. The molecule has 0 amide bonds. The van der Waals surface area contributed by atoms with Gasteiger partial charge in [0.1, 0.15) is 5.02 Å². The van der Waals surface area contributed by atoms with E-state index in [1.807, 2.05) is 6.92 Å². The molecule has 0 radical (unpaired) electrons. The standard InChI is InChI=1S/C15H21ClN2O2/c1-3-6-17-14(11-4-5-11)9-12-8-13(16)15(18(19)20)7-10(12)2/h7-8,11,14,17H,3-6,9H2,1-2H3. The summed E-state index contributed by atoms with van der Waals surface area (Å²) in [5.41, 5.74) is 2.06. The smallest absolute Gasteiger partial charge is 0.288 e. The molecular weight excluding hydrogens is 276 g/mol. The summed E-state index contributed by atoms with van der Waals surface area (Å²) in [5, 5.41) is 14.7. The van der Waals surface area contributed by atoms with E-state index in [4.69, 9.17) is 11.6 Å². The summed E-state index contributed by atoms with van der Waals surface area (Å²) in [6.45, 7) is 5.09. The second-order valence-corrected chi connectivity index (χ2v) is 6.00. The third kappa shape index (κ3) is 3.70. The molecule has 0 spiro atoms. The number of rotatable bonds is 7. The lowest BCUT2D eigenvalue weighted by Crippen LogP contribution is -2.33. The molecule has 4 nitrogen and oxygen atoms in total. The zero-order valence-electron chi connectivity index (χ0n) is 12.0. The lowest BCUT2D eigenvalue weighted by Gasteiger charge is -2.19. The average molecular weight is 297 g/mol. The predicted octanol–water partition coefficient (Wildman–Crippen LogP) is 3.88. The second-order valence-electron chi connectivity index (χ2n) is 5.59. The van der Waals surface area contributed by atoms with Crippen LogP contribution in [-0.4, -0.2) is 17.5 Å². The van der Waals surface area contributed by atoms with Gasteiger partial charge in [0.2, 0.25) is 0 Å². The second kappa shape index (κ2) is 6.55. The molecule has 20 heavy (non-hydrogen) atoms. The molecule has 1 N–H and O–H groups in total. The molecule has 1 fully saturated rings. The summed E-state index contributed by atoms with van der Waals surface area (Å²) in [4.78, 5) is 10.5. The van der Waals surface area contributed by atoms with Crippen molar-refractivity contribution in [2.24, 2.45) is 5.92 Å². The molecule has 1 unspecified atom stereocenters. The van der Waals surface area contributed by atoms with E-state index in [9.17, 15) is 10.1 Å². The molecule has 1 aliphatic carbocycles. The van der Waals surface area contributed by atoms with E-state index in [1.54, 1.807) is 12.1 Å². The minimum atomic E-state index is -0.424. The van der Waals surface area contributed by atoms with Gasteiger partial charge in [-0.2, -0.15) is 0 Å². The van der Waals surface area contributed by atoms with Gasteiger partial charge in [-0.3, -0.25) is 10.1 Å². The van der Waals surface area contributed by atoms with E-state index in [2.05, 4.69) is 12.2 Å². The van der Waals surface area contributed by atoms with Crippen LogP contribution in [0.3, 0.4) is 0 Å². The van der Waals surface area contributed by atoms with Gasteiger partial charge in [0.25, 0.3) is 5.69 Å². The first-order chi connectivity index (χ1) is 9.52. The number of nitrogens with zero attached hydrogens (tertiary/aromatic N) is 1. The van der Waals surface area contributed by atoms with Crippen LogP contribution in [0.15, 0.2) is 12.1 Å². The first-order valence-corrected chi connectivity index (χ1v) is 7.57. The van der Waals surface area contributed by atoms with Gasteiger partial charge in [-0.05, 0) is 62.3 Å². The van der Waals surface area contributed by atoms with Crippen LogP contribution in [0.2, 0.25) is 5.02 Å². The molecule has 5 heteroatoms. The van der Waals surface area contributed by atoms with Crippen LogP contribution in [-0.2, 0) is 6.42 Å². The first kappa shape index (κ1) is 15.3. The van der Waals surface area contributed by atoms with Crippen molar-refractivity contribution in [3.05, 3.63) is 38.4 Å². The maximum atomic E-state index is 10.9. The van der Waals surface area contributed by atoms with Crippen molar-refractivity contribution in [1.82, 2.24) is 5.32 Å². The predicted molar refractivity (Wildman–Crippen MR) is 81.4 cm³/mol. The Hall–Kier alpha value is -1.13. The topological polar surface area (TPSA) is 55.2 Å². The fourth-order valence-electron chi connectivity index (χ4n) is 2.54. The quantitative estimate of drug-likeness (QED) is 0.614. The van der Waals surface area contributed by atoms with Crippen molar-refractivity contribution in [2.75, 3.05) is 6.54 Å². The molecule has 2 rings (SSSR count). The minimum Gasteiger partial charge on any atom is -0.313 e. The normalized spacial score (nSPS) is 16.1. The first-order valence-electron chi connectivity index (χ1n) is 7.19. The van der Waals surface area contributed by atoms with Crippen molar-refractivity contribution < 1.29 is 4.92 Å². The molecule has 0 bridgehead atoms. The van der Waals surface area contributed by atoms with E-state index in [0.717, 1.165) is 36.4 Å². The number of nitro benzene ring substituents is 1. The fourth-order valence-corrected chi connectivity index (χ4v) is 2.79. The van der Waals surface area contributed by atoms with Crippen LogP contribution in [0.25, 0.3) is 0 Å². The SMILES string of the molecule is CCCNC(Cc1cc(Cl)c([N+](=O)[O-])cc1C)C1CC1. The summed E-state index contributed by atoms with van der Waals surface area (Å²) in [5.74, 6) is 0.745. The van der Waals surface area contributed by atoms with Crippen LogP contribution in [0.4, 0.5) is 5.69 Å². The number of hydrogen-bond acceptors (Lipinski definition) is 3. The van der Waals surface area contributed by atoms with Gasteiger partial charge in [0.15, 0.2) is 0 Å². The Morgan fingerprint density at radius 2 is 2.20 bits per heavy atom. The van der Waals surface area contributed by atoms with Crippen LogP contribution in [0.5, 0.6) is 0 Å². The van der Waals surface area contributed by atoms with Crippen LogP contribution < -0.4 is 5.32 Å². The molecule has 110 valence electrons. The Labute approximate surface area is 124 Å². The van der Waals surface area contributed by atoms with Gasteiger partial charge in [-0.25, -0.2) is 0 Å². The maximum absolute atomic E-state index is 10.9. The lowest BCUT2D eigenvalue weighted by molar-refractivity contribution is -0.384. The van der Waals surface area contributed by atoms with Gasteiger partial charge in [0, 0.05) is 12.1 Å². The van der Waals surface area contributed by atoms with E-state index >= 15 is 0 Å². The third-order valence-electron chi connectivity index (χ3n) is 3.89. The number of hydrogen-bond donors (Lipinski definition) is 1. The third-order valence-corrected chi connectivity index (χ3v) is 4.19. The van der Waals surface area contributed by atoms with Crippen molar-refractivity contribution in [2.45, 2.75) is 45.6 Å². The Bertz CT molecular complexity index is 501. The van der Waals surface area contributed by atoms with E-state index < -0.39 is 4.92 Å². The van der Waals surface area contributed by atoms with E-state index in [-0.39, 0.29) is 10.7 Å². The lowest BCUT2D eigenvalue weighted by atomic mass is 9.97. The van der Waals surface area contributed by atoms with Crippen molar-refractivity contribution in [1.29, 1.82) is 0 Å². The Morgan fingerprint density at radius 1 is 1.50 bits per heavy atom. The Kier molecular flexibility index (Phi) is 5.00. The highest BCUT2D eigenvalue weighted by molar-refractivity contribution is 6.32. The highest BCUT2D eigenvalue weighted by atomic mass is 35.5. The molecule has 1 atom stereocenters. The molecule has 1 aromatic carbocycles. The number of nitrogens with one attached hydrogen (secondary N) is 1. The molecule has 0 saturated heterocycles. The Balaban J connectivity index is 2.15. The van der Waals surface area contributed by atoms with E-state index in [0.29, 0.717) is 6.04 Å². The number of halogens is 1. The highest BCUT2D eigenvalue weighted by Crippen LogP contribution is 2.35.